The first kappa shape index (κ1) is 11.5. The molecule has 0 atom stereocenters. The number of hydrogen-bond donors (Lipinski definition) is 1. The number of hydrogen-bond acceptors (Lipinski definition) is 5. The zero-order valence-electron chi connectivity index (χ0n) is 9.20. The van der Waals surface area contributed by atoms with E-state index in [1.54, 1.807) is 24.4 Å². The van der Waals surface area contributed by atoms with E-state index in [0.29, 0.717) is 6.54 Å². The van der Waals surface area contributed by atoms with Crippen LogP contribution in [0.4, 0.5) is 5.69 Å². The molecule has 6 heteroatoms. The van der Waals surface area contributed by atoms with Crippen LogP contribution in [-0.4, -0.2) is 26.9 Å². The Morgan fingerprint density at radius 3 is 3.00 bits per heavy atom. The van der Waals surface area contributed by atoms with Crippen LogP contribution in [0.15, 0.2) is 30.5 Å². The van der Waals surface area contributed by atoms with Gasteiger partial charge in [0.25, 0.3) is 0 Å². The van der Waals surface area contributed by atoms with Gasteiger partial charge in [0.15, 0.2) is 0 Å². The maximum absolute atomic E-state index is 10.9. The van der Waals surface area contributed by atoms with Crippen LogP contribution in [-0.2, 0) is 6.54 Å². The summed E-state index contributed by atoms with van der Waals surface area (Å²) in [5.41, 5.74) is 2.00. The Hall–Kier alpha value is -1.95. The molecule has 0 aliphatic carbocycles. The molecular formula is C11H11N3O2S. The third kappa shape index (κ3) is 2.79. The number of carbonyl (C=O) groups is 1. The van der Waals surface area contributed by atoms with Crippen molar-refractivity contribution in [3.63, 3.8) is 0 Å². The minimum absolute atomic E-state index is 0.283. The first-order chi connectivity index (χ1) is 8.16. The molecule has 2 aromatic rings. The van der Waals surface area contributed by atoms with Crippen LogP contribution < -0.4 is 4.90 Å². The average Bonchev–Trinajstić information content (AvgIpc) is 2.82. The van der Waals surface area contributed by atoms with Crippen molar-refractivity contribution in [3.8, 4) is 0 Å². The van der Waals surface area contributed by atoms with Crippen molar-refractivity contribution >= 4 is 23.4 Å². The molecule has 1 N–H and O–H groups in total. The summed E-state index contributed by atoms with van der Waals surface area (Å²) in [7, 11) is 1.89. The molecule has 0 spiro atoms. The third-order valence-corrected chi connectivity index (χ3v) is 2.86. The number of nitrogens with zero attached hydrogens (tertiary/aromatic N) is 3. The summed E-state index contributed by atoms with van der Waals surface area (Å²) in [6, 6.07) is 6.81. The molecule has 1 heterocycles. The van der Waals surface area contributed by atoms with Gasteiger partial charge in [-0.2, -0.15) is 8.75 Å². The van der Waals surface area contributed by atoms with Gasteiger partial charge >= 0.3 is 5.97 Å². The molecule has 0 unspecified atom stereocenters. The molecular weight excluding hydrogens is 238 g/mol. The van der Waals surface area contributed by atoms with E-state index in [0.717, 1.165) is 23.1 Å². The molecule has 0 aliphatic rings. The van der Waals surface area contributed by atoms with Crippen LogP contribution in [0, 0.1) is 0 Å². The lowest BCUT2D eigenvalue weighted by Gasteiger charge is -2.18. The first-order valence-corrected chi connectivity index (χ1v) is 5.71. The monoisotopic (exact) mass is 249 g/mol. The van der Waals surface area contributed by atoms with E-state index < -0.39 is 5.97 Å². The Kier molecular flexibility index (Phi) is 3.34. The predicted octanol–water partition coefficient (Wildman–Crippen LogP) is 1.87. The van der Waals surface area contributed by atoms with Gasteiger partial charge < -0.3 is 10.0 Å². The Morgan fingerprint density at radius 1 is 1.53 bits per heavy atom. The van der Waals surface area contributed by atoms with Crippen LogP contribution in [0.25, 0.3) is 0 Å². The van der Waals surface area contributed by atoms with Crippen LogP contribution in [0.5, 0.6) is 0 Å². The van der Waals surface area contributed by atoms with Crippen molar-refractivity contribution in [3.05, 3.63) is 41.7 Å². The molecule has 0 fully saturated rings. The number of carboxylic acid groups (broad SMARTS) is 1. The summed E-state index contributed by atoms with van der Waals surface area (Å²) in [5.74, 6) is -0.921. The summed E-state index contributed by atoms with van der Waals surface area (Å²) in [5, 5.41) is 8.91. The standard InChI is InChI=1S/C11H11N3O2S/c1-14(7-9-6-12-17-13-9)10-4-2-3-8(5-10)11(15)16/h2-6H,7H2,1H3,(H,15,16). The molecule has 0 saturated heterocycles. The normalized spacial score (nSPS) is 10.2. The second kappa shape index (κ2) is 4.92. The summed E-state index contributed by atoms with van der Waals surface area (Å²) in [6.07, 6.45) is 1.71. The molecule has 0 aliphatic heterocycles. The van der Waals surface area contributed by atoms with Crippen LogP contribution >= 0.6 is 11.7 Å². The van der Waals surface area contributed by atoms with Gasteiger partial charge in [0.05, 0.1) is 35.7 Å². The highest BCUT2D eigenvalue weighted by Crippen LogP contribution is 2.16. The minimum Gasteiger partial charge on any atom is -0.478 e. The molecule has 88 valence electrons. The van der Waals surface area contributed by atoms with Crippen molar-refractivity contribution in [2.75, 3.05) is 11.9 Å². The highest BCUT2D eigenvalue weighted by Gasteiger charge is 2.07. The van der Waals surface area contributed by atoms with Gasteiger partial charge in [0, 0.05) is 12.7 Å². The molecule has 0 radical (unpaired) electrons. The maximum atomic E-state index is 10.9. The van der Waals surface area contributed by atoms with E-state index in [1.165, 1.54) is 0 Å². The van der Waals surface area contributed by atoms with Crippen LogP contribution in [0.3, 0.4) is 0 Å². The first-order valence-electron chi connectivity index (χ1n) is 4.98. The molecule has 0 bridgehead atoms. The van der Waals surface area contributed by atoms with Gasteiger partial charge in [-0.1, -0.05) is 6.07 Å². The fraction of sp³-hybridized carbons (Fsp3) is 0.182. The molecule has 1 aromatic carbocycles. The number of benzene rings is 1. The molecule has 2 rings (SSSR count). The van der Waals surface area contributed by atoms with E-state index in [1.807, 2.05) is 18.0 Å². The van der Waals surface area contributed by atoms with Gasteiger partial charge in [-0.15, -0.1) is 0 Å². The van der Waals surface area contributed by atoms with Crippen molar-refractivity contribution < 1.29 is 9.90 Å². The Morgan fingerprint density at radius 2 is 2.35 bits per heavy atom. The predicted molar refractivity (Wildman–Crippen MR) is 65.4 cm³/mol. The fourth-order valence-corrected chi connectivity index (χ4v) is 1.89. The van der Waals surface area contributed by atoms with Gasteiger partial charge in [-0.25, -0.2) is 4.79 Å². The van der Waals surface area contributed by atoms with Gasteiger partial charge in [0.2, 0.25) is 0 Å². The van der Waals surface area contributed by atoms with E-state index in [2.05, 4.69) is 8.75 Å². The van der Waals surface area contributed by atoms with E-state index >= 15 is 0 Å². The number of rotatable bonds is 4. The smallest absolute Gasteiger partial charge is 0.335 e. The van der Waals surface area contributed by atoms with Crippen molar-refractivity contribution in [2.24, 2.45) is 0 Å². The average molecular weight is 249 g/mol. The highest BCUT2D eigenvalue weighted by atomic mass is 32.1. The Bertz CT molecular complexity index is 513. The quantitative estimate of drug-likeness (QED) is 0.896. The zero-order chi connectivity index (χ0) is 12.3. The molecule has 0 saturated carbocycles. The van der Waals surface area contributed by atoms with Gasteiger partial charge in [0.1, 0.15) is 0 Å². The minimum atomic E-state index is -0.921. The summed E-state index contributed by atoms with van der Waals surface area (Å²) in [4.78, 5) is 12.8. The SMILES string of the molecule is CN(Cc1cnsn1)c1cccc(C(=O)O)c1. The summed E-state index contributed by atoms with van der Waals surface area (Å²) >= 11 is 1.16. The Labute approximate surface area is 103 Å². The van der Waals surface area contributed by atoms with E-state index in [9.17, 15) is 4.79 Å². The largest absolute Gasteiger partial charge is 0.478 e. The van der Waals surface area contributed by atoms with Crippen LogP contribution in [0.2, 0.25) is 0 Å². The second-order valence-electron chi connectivity index (χ2n) is 3.61. The van der Waals surface area contributed by atoms with Crippen LogP contribution in [0.1, 0.15) is 16.1 Å². The third-order valence-electron chi connectivity index (χ3n) is 2.34. The number of carboxylic acids is 1. The van der Waals surface area contributed by atoms with E-state index in [4.69, 9.17) is 5.11 Å². The maximum Gasteiger partial charge on any atom is 0.335 e. The van der Waals surface area contributed by atoms with E-state index in [-0.39, 0.29) is 5.56 Å². The topological polar surface area (TPSA) is 66.3 Å². The highest BCUT2D eigenvalue weighted by molar-refractivity contribution is 6.99. The van der Waals surface area contributed by atoms with Gasteiger partial charge in [-0.05, 0) is 18.2 Å². The zero-order valence-corrected chi connectivity index (χ0v) is 10.0. The number of anilines is 1. The van der Waals surface area contributed by atoms with Crippen molar-refractivity contribution in [1.82, 2.24) is 8.75 Å². The van der Waals surface area contributed by atoms with Crippen molar-refractivity contribution in [2.45, 2.75) is 6.54 Å². The molecule has 5 nitrogen and oxygen atoms in total. The summed E-state index contributed by atoms with van der Waals surface area (Å²) < 4.78 is 8.04. The molecule has 1 aromatic heterocycles. The summed E-state index contributed by atoms with van der Waals surface area (Å²) in [6.45, 7) is 0.611. The lowest BCUT2D eigenvalue weighted by molar-refractivity contribution is 0.0697. The molecule has 17 heavy (non-hydrogen) atoms. The number of aromatic nitrogens is 2. The lowest BCUT2D eigenvalue weighted by atomic mass is 10.2. The fourth-order valence-electron chi connectivity index (χ4n) is 1.46. The second-order valence-corrected chi connectivity index (χ2v) is 4.17. The molecule has 0 amide bonds. The lowest BCUT2D eigenvalue weighted by Crippen LogP contribution is -2.16. The Balaban J connectivity index is 2.16. The number of aromatic carboxylic acids is 1. The van der Waals surface area contributed by atoms with Gasteiger partial charge in [-0.3, -0.25) is 0 Å². The van der Waals surface area contributed by atoms with Crippen molar-refractivity contribution in [1.29, 1.82) is 0 Å².